The molecule has 0 saturated carbocycles. The molecule has 9 nitrogen and oxygen atoms in total. The molecule has 1 heterocycles. The predicted molar refractivity (Wildman–Crippen MR) is 153 cm³/mol. The predicted octanol–water partition coefficient (Wildman–Crippen LogP) is 5.43. The van der Waals surface area contributed by atoms with Crippen LogP contribution in [0.1, 0.15) is 67.2 Å². The van der Waals surface area contributed by atoms with Gasteiger partial charge in [0.15, 0.2) is 5.69 Å². The first-order chi connectivity index (χ1) is 19.0. The second-order valence-electron chi connectivity index (χ2n) is 10.4. The number of nitrogens with zero attached hydrogens (tertiary/aromatic N) is 1. The van der Waals surface area contributed by atoms with Crippen LogP contribution in [0.2, 0.25) is 0 Å². The van der Waals surface area contributed by atoms with Crippen molar-refractivity contribution >= 4 is 35.0 Å². The third-order valence-corrected chi connectivity index (χ3v) is 7.28. The van der Waals surface area contributed by atoms with Gasteiger partial charge in [-0.25, -0.2) is 14.6 Å². The van der Waals surface area contributed by atoms with Gasteiger partial charge in [0.25, 0.3) is 0 Å². The van der Waals surface area contributed by atoms with Gasteiger partial charge in [0, 0.05) is 11.3 Å². The van der Waals surface area contributed by atoms with Crippen LogP contribution in [-0.2, 0) is 14.3 Å². The molecule has 2 atom stereocenters. The minimum atomic E-state index is -1.16. The number of hydrogen-bond acceptors (Lipinski definition) is 7. The molecule has 10 heteroatoms. The van der Waals surface area contributed by atoms with Gasteiger partial charge in [-0.2, -0.15) is 0 Å². The van der Waals surface area contributed by atoms with Crippen molar-refractivity contribution in [2.45, 2.75) is 58.3 Å². The Balaban J connectivity index is 1.49. The third kappa shape index (κ3) is 6.57. The van der Waals surface area contributed by atoms with Crippen LogP contribution < -0.4 is 10.6 Å². The van der Waals surface area contributed by atoms with Crippen molar-refractivity contribution in [2.24, 2.45) is 0 Å². The summed E-state index contributed by atoms with van der Waals surface area (Å²) in [5.41, 5.74) is 4.01. The molecular weight excluding hydrogens is 530 g/mol. The molecule has 0 radical (unpaired) electrons. The SMILES string of the molecule is C/C=C(\NC(=O)[C@@H](NC(=O)OCC1c2ccccc2-c2ccccc21)[C@@H](C)OC(C)(C)C)c1nc(C(=O)O)cs1. The van der Waals surface area contributed by atoms with E-state index in [9.17, 15) is 19.5 Å². The number of carbonyl (C=O) groups is 3. The largest absolute Gasteiger partial charge is 0.476 e. The minimum Gasteiger partial charge on any atom is -0.476 e. The number of allylic oxidation sites excluding steroid dienone is 1. The Morgan fingerprint density at radius 2 is 1.68 bits per heavy atom. The van der Waals surface area contributed by atoms with Gasteiger partial charge in [-0.05, 0) is 56.9 Å². The molecule has 3 aromatic rings. The first-order valence-electron chi connectivity index (χ1n) is 12.9. The average Bonchev–Trinajstić information content (AvgIpc) is 3.52. The van der Waals surface area contributed by atoms with Crippen molar-refractivity contribution in [3.63, 3.8) is 0 Å². The molecule has 0 spiro atoms. The van der Waals surface area contributed by atoms with Gasteiger partial charge < -0.3 is 25.2 Å². The van der Waals surface area contributed by atoms with E-state index in [1.54, 1.807) is 19.9 Å². The summed E-state index contributed by atoms with van der Waals surface area (Å²) in [4.78, 5) is 41.8. The molecule has 0 aliphatic heterocycles. The molecule has 1 aliphatic carbocycles. The summed E-state index contributed by atoms with van der Waals surface area (Å²) in [5, 5.41) is 16.4. The molecule has 2 amide bonds. The first-order valence-corrected chi connectivity index (χ1v) is 13.8. The lowest BCUT2D eigenvalue weighted by molar-refractivity contribution is -0.129. The Labute approximate surface area is 237 Å². The number of benzene rings is 2. The van der Waals surface area contributed by atoms with Crippen molar-refractivity contribution in [1.82, 2.24) is 15.6 Å². The highest BCUT2D eigenvalue weighted by atomic mass is 32.1. The Morgan fingerprint density at radius 1 is 1.07 bits per heavy atom. The Morgan fingerprint density at radius 3 is 2.20 bits per heavy atom. The number of fused-ring (bicyclic) bond motifs is 3. The van der Waals surface area contributed by atoms with Crippen molar-refractivity contribution < 1.29 is 29.0 Å². The fraction of sp³-hybridized carbons (Fsp3) is 0.333. The fourth-order valence-electron chi connectivity index (χ4n) is 4.74. The van der Waals surface area contributed by atoms with E-state index in [-0.39, 0.29) is 18.2 Å². The van der Waals surface area contributed by atoms with Crippen LogP contribution in [0.25, 0.3) is 16.8 Å². The van der Waals surface area contributed by atoms with Crippen LogP contribution in [0, 0.1) is 0 Å². The Kier molecular flexibility index (Phi) is 8.70. The summed E-state index contributed by atoms with van der Waals surface area (Å²) in [7, 11) is 0. The van der Waals surface area contributed by atoms with Crippen LogP contribution in [0.15, 0.2) is 60.0 Å². The second kappa shape index (κ2) is 12.0. The summed E-state index contributed by atoms with van der Waals surface area (Å²) in [5.74, 6) is -1.84. The summed E-state index contributed by atoms with van der Waals surface area (Å²) in [6.45, 7) is 9.05. The average molecular weight is 564 g/mol. The number of carboxylic acids is 1. The summed E-state index contributed by atoms with van der Waals surface area (Å²) >= 11 is 1.09. The van der Waals surface area contributed by atoms with E-state index in [0.29, 0.717) is 10.7 Å². The molecule has 3 N–H and O–H groups in total. The number of nitrogens with one attached hydrogen (secondary N) is 2. The van der Waals surface area contributed by atoms with Gasteiger partial charge in [-0.3, -0.25) is 4.79 Å². The van der Waals surface area contributed by atoms with Gasteiger partial charge in [0.05, 0.1) is 17.4 Å². The number of carbonyl (C=O) groups excluding carboxylic acids is 2. The molecule has 1 aliphatic rings. The van der Waals surface area contributed by atoms with E-state index < -0.39 is 35.7 Å². The van der Waals surface area contributed by atoms with Crippen LogP contribution in [-0.4, -0.2) is 52.4 Å². The lowest BCUT2D eigenvalue weighted by Crippen LogP contribution is -2.54. The highest BCUT2D eigenvalue weighted by molar-refractivity contribution is 7.11. The molecule has 0 bridgehead atoms. The topological polar surface area (TPSA) is 127 Å². The zero-order valence-corrected chi connectivity index (χ0v) is 23.9. The molecule has 1 aromatic heterocycles. The zero-order chi connectivity index (χ0) is 29.0. The quantitative estimate of drug-likeness (QED) is 0.317. The smallest absolute Gasteiger partial charge is 0.407 e. The van der Waals surface area contributed by atoms with Crippen molar-refractivity contribution in [1.29, 1.82) is 0 Å². The molecule has 0 saturated heterocycles. The number of amides is 2. The third-order valence-electron chi connectivity index (χ3n) is 6.41. The molecule has 2 aromatic carbocycles. The van der Waals surface area contributed by atoms with Gasteiger partial charge in [-0.1, -0.05) is 54.6 Å². The number of hydrogen-bond donors (Lipinski definition) is 3. The van der Waals surface area contributed by atoms with E-state index in [1.165, 1.54) is 5.38 Å². The standard InChI is InChI=1S/C30H33N3O6S/c1-6-23(27-32-24(16-40-27)28(35)36)31-26(34)25(17(2)39-30(3,4)5)33-29(37)38-15-22-20-13-9-7-11-18(20)19-12-8-10-14-21(19)22/h6-14,16-17,22,25H,15H2,1-5H3,(H,31,34)(H,33,37)(H,35,36)/b23-6-/t17-,25+/m1/s1. The van der Waals surface area contributed by atoms with E-state index in [1.807, 2.05) is 57.2 Å². The highest BCUT2D eigenvalue weighted by Crippen LogP contribution is 2.44. The monoisotopic (exact) mass is 563 g/mol. The van der Waals surface area contributed by atoms with E-state index in [2.05, 4.69) is 27.8 Å². The first kappa shape index (κ1) is 29.0. The minimum absolute atomic E-state index is 0.0971. The van der Waals surface area contributed by atoms with Crippen molar-refractivity contribution in [2.75, 3.05) is 6.61 Å². The lowest BCUT2D eigenvalue weighted by Gasteiger charge is -2.30. The lowest BCUT2D eigenvalue weighted by atomic mass is 9.98. The maximum Gasteiger partial charge on any atom is 0.407 e. The van der Waals surface area contributed by atoms with Crippen LogP contribution in [0.3, 0.4) is 0 Å². The summed E-state index contributed by atoms with van der Waals surface area (Å²) in [6.07, 6.45) is 0.141. The van der Waals surface area contributed by atoms with Gasteiger partial charge in [-0.15, -0.1) is 11.3 Å². The molecule has 210 valence electrons. The molecule has 0 unspecified atom stereocenters. The summed E-state index contributed by atoms with van der Waals surface area (Å²) in [6, 6.07) is 15.0. The van der Waals surface area contributed by atoms with Crippen LogP contribution in [0.5, 0.6) is 0 Å². The molecule has 0 fully saturated rings. The number of rotatable bonds is 9. The number of ether oxygens (including phenoxy) is 2. The Hall–Kier alpha value is -4.02. The van der Waals surface area contributed by atoms with Crippen LogP contribution in [0.4, 0.5) is 4.79 Å². The van der Waals surface area contributed by atoms with Gasteiger partial charge in [0.2, 0.25) is 5.91 Å². The van der Waals surface area contributed by atoms with Crippen molar-refractivity contribution in [3.8, 4) is 11.1 Å². The highest BCUT2D eigenvalue weighted by Gasteiger charge is 2.33. The summed E-state index contributed by atoms with van der Waals surface area (Å²) < 4.78 is 11.7. The number of aromatic carboxylic acids is 1. The number of aromatic nitrogens is 1. The normalized spacial score (nSPS) is 14.6. The number of thiazole rings is 1. The van der Waals surface area contributed by atoms with Gasteiger partial charge >= 0.3 is 12.1 Å². The zero-order valence-electron chi connectivity index (χ0n) is 23.1. The van der Waals surface area contributed by atoms with E-state index in [4.69, 9.17) is 9.47 Å². The van der Waals surface area contributed by atoms with Crippen molar-refractivity contribution in [3.05, 3.63) is 81.8 Å². The van der Waals surface area contributed by atoms with E-state index in [0.717, 1.165) is 33.6 Å². The number of carboxylic acid groups (broad SMARTS) is 1. The number of alkyl carbamates (subject to hydrolysis) is 1. The fourth-order valence-corrected chi connectivity index (χ4v) is 5.57. The van der Waals surface area contributed by atoms with E-state index >= 15 is 0 Å². The molecular formula is C30H33N3O6S. The molecule has 4 rings (SSSR count). The maximum atomic E-state index is 13.4. The second-order valence-corrected chi connectivity index (χ2v) is 11.3. The van der Waals surface area contributed by atoms with Gasteiger partial charge in [0.1, 0.15) is 17.7 Å². The maximum absolute atomic E-state index is 13.4. The molecule has 40 heavy (non-hydrogen) atoms. The Bertz CT molecular complexity index is 1400. The van der Waals surface area contributed by atoms with Crippen LogP contribution >= 0.6 is 11.3 Å².